The second-order valence-corrected chi connectivity index (χ2v) is 11.5. The number of nitrogens with zero attached hydrogens (tertiary/aromatic N) is 5. The van der Waals surface area contributed by atoms with E-state index in [1.54, 1.807) is 18.3 Å². The van der Waals surface area contributed by atoms with Crippen LogP contribution in [0.15, 0.2) is 79.1 Å². The number of nitrogens with one attached hydrogen (secondary N) is 2. The zero-order valence-electron chi connectivity index (χ0n) is 22.3. The lowest BCUT2D eigenvalue weighted by atomic mass is 10.0. The summed E-state index contributed by atoms with van der Waals surface area (Å²) in [6.07, 6.45) is 4.20. The number of pyridine rings is 1. The number of aromatic nitrogens is 5. The second-order valence-electron chi connectivity index (χ2n) is 9.48. The van der Waals surface area contributed by atoms with Gasteiger partial charge >= 0.3 is 0 Å². The number of para-hydroxylation sites is 1. The highest BCUT2D eigenvalue weighted by Crippen LogP contribution is 2.35. The lowest BCUT2D eigenvalue weighted by Gasteiger charge is -2.20. The van der Waals surface area contributed by atoms with Gasteiger partial charge in [-0.05, 0) is 48.5 Å². The first-order chi connectivity index (χ1) is 19.6. The van der Waals surface area contributed by atoms with Gasteiger partial charge in [-0.15, -0.1) is 0 Å². The van der Waals surface area contributed by atoms with Crippen molar-refractivity contribution in [3.63, 3.8) is 0 Å². The van der Waals surface area contributed by atoms with Gasteiger partial charge in [-0.1, -0.05) is 18.2 Å². The van der Waals surface area contributed by atoms with Crippen LogP contribution in [0, 0.1) is 5.82 Å². The highest BCUT2D eigenvalue weighted by molar-refractivity contribution is 7.92. The van der Waals surface area contributed by atoms with E-state index in [4.69, 9.17) is 4.98 Å². The lowest BCUT2D eigenvalue weighted by Crippen LogP contribution is -2.26. The molecule has 206 valence electrons. The van der Waals surface area contributed by atoms with Crippen LogP contribution < -0.4 is 9.62 Å². The molecular weight excluding hydrogens is 545 g/mol. The number of sulfonamides is 1. The first-order valence-corrected chi connectivity index (χ1v) is 14.4. The number of rotatable bonds is 6. The van der Waals surface area contributed by atoms with Crippen LogP contribution >= 0.6 is 0 Å². The third-order valence-electron chi connectivity index (χ3n) is 6.86. The average Bonchev–Trinajstić information content (AvgIpc) is 3.57. The molecule has 1 amide bonds. The summed E-state index contributed by atoms with van der Waals surface area (Å²) in [6.45, 7) is 0. The van der Waals surface area contributed by atoms with Gasteiger partial charge in [0.2, 0.25) is 10.0 Å². The van der Waals surface area contributed by atoms with Crippen LogP contribution in [0.25, 0.3) is 50.5 Å². The van der Waals surface area contributed by atoms with E-state index in [0.717, 1.165) is 27.2 Å². The zero-order valence-corrected chi connectivity index (χ0v) is 23.1. The minimum Gasteiger partial charge on any atom is -0.355 e. The monoisotopic (exact) mass is 569 g/mol. The van der Waals surface area contributed by atoms with Crippen LogP contribution in [0.4, 0.5) is 10.1 Å². The fraction of sp³-hybridized carbons (Fsp3) is 0.103. The molecule has 12 heteroatoms. The molecule has 6 aromatic rings. The average molecular weight is 570 g/mol. The van der Waals surface area contributed by atoms with Crippen molar-refractivity contribution in [2.24, 2.45) is 0 Å². The maximum absolute atomic E-state index is 13.7. The summed E-state index contributed by atoms with van der Waals surface area (Å²) in [6, 6.07) is 18.8. The molecule has 2 aromatic carbocycles. The summed E-state index contributed by atoms with van der Waals surface area (Å²) in [5.74, 6) is -0.589. The molecule has 0 spiro atoms. The minimum atomic E-state index is -3.71. The zero-order chi connectivity index (χ0) is 28.9. The Hall–Kier alpha value is -5.10. The van der Waals surface area contributed by atoms with Gasteiger partial charge in [0.15, 0.2) is 5.82 Å². The number of benzene rings is 2. The molecule has 0 radical (unpaired) electrons. The normalized spacial score (nSPS) is 11.7. The Morgan fingerprint density at radius 2 is 1.83 bits per heavy atom. The fourth-order valence-electron chi connectivity index (χ4n) is 4.70. The molecule has 0 atom stereocenters. The number of aromatic amines is 1. The summed E-state index contributed by atoms with van der Waals surface area (Å²) >= 11 is 0. The predicted molar refractivity (Wildman–Crippen MR) is 156 cm³/mol. The van der Waals surface area contributed by atoms with E-state index in [1.165, 1.54) is 49.1 Å². The molecule has 0 saturated carbocycles. The molecule has 0 aliphatic rings. The maximum Gasteiger partial charge on any atom is 0.255 e. The van der Waals surface area contributed by atoms with Gasteiger partial charge in [0.05, 0.1) is 40.6 Å². The van der Waals surface area contributed by atoms with Gasteiger partial charge in [-0.25, -0.2) is 27.3 Å². The van der Waals surface area contributed by atoms with Crippen molar-refractivity contribution in [3.8, 4) is 34.0 Å². The standard InChI is InChI=1S/C29H24FN7O3S/c1-31-29(38)26-24-15-20(28-32-13-12-22(34-28)23-14-18-6-4-5-7-21(18)33-23)25(36(2)41(3,39)40)16-37(24)35-27(26)17-8-10-19(30)11-9-17/h4-16,33H,1-3H3,(H,31,38). The number of fused-ring (bicyclic) bond motifs is 2. The Kier molecular flexibility index (Phi) is 6.26. The van der Waals surface area contributed by atoms with Crippen molar-refractivity contribution in [2.45, 2.75) is 0 Å². The van der Waals surface area contributed by atoms with E-state index >= 15 is 0 Å². The van der Waals surface area contributed by atoms with Gasteiger partial charge < -0.3 is 10.3 Å². The number of anilines is 1. The molecule has 2 N–H and O–H groups in total. The van der Waals surface area contributed by atoms with Gasteiger partial charge in [0.25, 0.3) is 5.91 Å². The molecule has 41 heavy (non-hydrogen) atoms. The smallest absolute Gasteiger partial charge is 0.255 e. The number of hydrogen-bond acceptors (Lipinski definition) is 6. The Balaban J connectivity index is 1.61. The quantitative estimate of drug-likeness (QED) is 0.304. The van der Waals surface area contributed by atoms with E-state index in [2.05, 4.69) is 20.4 Å². The number of carbonyl (C=O) groups excluding carboxylic acids is 1. The number of H-pyrrole nitrogens is 1. The van der Waals surface area contributed by atoms with Gasteiger partial charge in [-0.2, -0.15) is 5.10 Å². The molecule has 10 nitrogen and oxygen atoms in total. The van der Waals surface area contributed by atoms with E-state index in [9.17, 15) is 17.6 Å². The van der Waals surface area contributed by atoms with Crippen molar-refractivity contribution in [2.75, 3.05) is 24.7 Å². The molecule has 4 aromatic heterocycles. The van der Waals surface area contributed by atoms with Crippen LogP contribution in [0.2, 0.25) is 0 Å². The predicted octanol–water partition coefficient (Wildman–Crippen LogP) is 4.50. The first kappa shape index (κ1) is 26.1. The molecule has 0 aliphatic carbocycles. The van der Waals surface area contributed by atoms with Crippen LogP contribution in [0.3, 0.4) is 0 Å². The molecule has 0 unspecified atom stereocenters. The van der Waals surface area contributed by atoms with Crippen molar-refractivity contribution >= 4 is 38.0 Å². The number of hydrogen-bond donors (Lipinski definition) is 2. The summed E-state index contributed by atoms with van der Waals surface area (Å²) in [5.41, 5.74) is 4.40. The van der Waals surface area contributed by atoms with Crippen LogP contribution in [0.1, 0.15) is 10.4 Å². The van der Waals surface area contributed by atoms with Crippen molar-refractivity contribution < 1.29 is 17.6 Å². The maximum atomic E-state index is 13.7. The van der Waals surface area contributed by atoms with Gasteiger partial charge in [-0.3, -0.25) is 9.10 Å². The second kappa shape index (κ2) is 9.82. The Labute approximate surface area is 234 Å². The Bertz CT molecular complexity index is 2040. The summed E-state index contributed by atoms with van der Waals surface area (Å²) in [5, 5.41) is 8.25. The minimum absolute atomic E-state index is 0.237. The fourth-order valence-corrected chi connectivity index (χ4v) is 5.20. The summed E-state index contributed by atoms with van der Waals surface area (Å²) < 4.78 is 41.5. The SMILES string of the molecule is CNC(=O)c1c(-c2ccc(F)cc2)nn2cc(N(C)S(C)(=O)=O)c(-c3nccc(-c4cc5ccccc5[nH]4)n3)cc12. The van der Waals surface area contributed by atoms with Gasteiger partial charge in [0.1, 0.15) is 11.5 Å². The summed E-state index contributed by atoms with van der Waals surface area (Å²) in [7, 11) is -0.784. The van der Waals surface area contributed by atoms with Crippen LogP contribution in [-0.2, 0) is 10.0 Å². The van der Waals surface area contributed by atoms with Crippen molar-refractivity contribution in [1.29, 1.82) is 0 Å². The first-order valence-electron chi connectivity index (χ1n) is 12.5. The molecule has 0 aliphatic heterocycles. The molecule has 0 saturated heterocycles. The molecule has 6 rings (SSSR count). The number of halogens is 1. The molecule has 0 bridgehead atoms. The lowest BCUT2D eigenvalue weighted by molar-refractivity contribution is 0.0965. The number of carbonyl (C=O) groups is 1. The third kappa shape index (κ3) is 4.67. The Morgan fingerprint density at radius 3 is 2.54 bits per heavy atom. The topological polar surface area (TPSA) is 125 Å². The van der Waals surface area contributed by atoms with Crippen LogP contribution in [-0.4, -0.2) is 59.2 Å². The van der Waals surface area contributed by atoms with E-state index in [0.29, 0.717) is 28.0 Å². The third-order valence-corrected chi connectivity index (χ3v) is 8.05. The van der Waals surface area contributed by atoms with Crippen molar-refractivity contribution in [3.05, 3.63) is 90.5 Å². The van der Waals surface area contributed by atoms with Crippen LogP contribution in [0.5, 0.6) is 0 Å². The number of amides is 1. The van der Waals surface area contributed by atoms with Crippen molar-refractivity contribution in [1.82, 2.24) is 29.9 Å². The highest BCUT2D eigenvalue weighted by atomic mass is 32.2. The molecule has 0 fully saturated rings. The van der Waals surface area contributed by atoms with E-state index in [-0.39, 0.29) is 17.1 Å². The molecular formula is C29H24FN7O3S. The largest absolute Gasteiger partial charge is 0.355 e. The molecule has 4 heterocycles. The van der Waals surface area contributed by atoms with Gasteiger partial charge in [0, 0.05) is 42.3 Å². The van der Waals surface area contributed by atoms with E-state index < -0.39 is 21.7 Å². The highest BCUT2D eigenvalue weighted by Gasteiger charge is 2.26. The Morgan fingerprint density at radius 1 is 1.07 bits per heavy atom. The summed E-state index contributed by atoms with van der Waals surface area (Å²) in [4.78, 5) is 25.7. The van der Waals surface area contributed by atoms with E-state index in [1.807, 2.05) is 30.3 Å².